The number of benzene rings is 1. The van der Waals surface area contributed by atoms with E-state index >= 15 is 0 Å². The van der Waals surface area contributed by atoms with Crippen molar-refractivity contribution < 1.29 is 169 Å². The minimum atomic E-state index is -0.893. The summed E-state index contributed by atoms with van der Waals surface area (Å²) in [6, 6.07) is 10.7. The van der Waals surface area contributed by atoms with Gasteiger partial charge in [0, 0.05) is 164 Å². The van der Waals surface area contributed by atoms with E-state index in [1.807, 2.05) is 0 Å². The lowest BCUT2D eigenvalue weighted by atomic mass is 9.80. The second kappa shape index (κ2) is 7.32. The van der Waals surface area contributed by atoms with E-state index in [2.05, 4.69) is 16.4 Å². The highest BCUT2D eigenvalue weighted by Crippen LogP contribution is 2.26. The van der Waals surface area contributed by atoms with Gasteiger partial charge >= 0.3 is 7.12 Å². The van der Waals surface area contributed by atoms with Crippen LogP contribution in [0.2, 0.25) is 0 Å². The molecule has 7 nitrogen and oxygen atoms in total. The molecule has 2 heterocycles. The summed E-state index contributed by atoms with van der Waals surface area (Å²) in [6.45, 7) is 1.47. The predicted octanol–water partition coefficient (Wildman–Crippen LogP) is 13.6. The number of pyridine rings is 1. The van der Waals surface area contributed by atoms with Crippen LogP contribution in [0.3, 0.4) is 0 Å². The number of nitriles is 1. The Labute approximate surface area is 295 Å². The van der Waals surface area contributed by atoms with Crippen LogP contribution < -0.4 is 15.5 Å². The lowest BCUT2D eigenvalue weighted by molar-refractivity contribution is 0.210. The van der Waals surface area contributed by atoms with Crippen molar-refractivity contribution in [1.29, 1.82) is 5.26 Å². The summed E-state index contributed by atoms with van der Waals surface area (Å²) in [5, 5.41) is 22.0. The first-order valence-corrected chi connectivity index (χ1v) is 7.45. The number of nitrogens with one attached hydrogen (secondary N) is 1. The van der Waals surface area contributed by atoms with Crippen molar-refractivity contribution in [3.05, 3.63) is 41.5 Å². The Morgan fingerprint density at radius 1 is 1.50 bits per heavy atom. The van der Waals surface area contributed by atoms with Gasteiger partial charge in [0.05, 0.1) is 13.2 Å². The van der Waals surface area contributed by atoms with Crippen molar-refractivity contribution in [3.8, 4) is 17.7 Å². The molecule has 1 aromatic heterocycles. The minimum absolute atomic E-state index is 0. The second-order valence-corrected chi connectivity index (χ2v) is 5.21. The molecule has 0 bridgehead atoms. The Kier molecular flexibility index (Phi) is 0.504. The van der Waals surface area contributed by atoms with Gasteiger partial charge in [0.1, 0.15) is 23.2 Å². The number of fused-ring (bicyclic) bond motifs is 1. The number of methoxy groups -OCH3 is 1. The molecule has 2 N–H and O–H groups in total. The number of anilines is 1. The zero-order valence-corrected chi connectivity index (χ0v) is 13.2. The molecule has 0 unspecified atom stereocenters. The molecule has 224 valence electrons. The molecule has 8 heteroatoms. The summed E-state index contributed by atoms with van der Waals surface area (Å²) in [4.78, 5) is 4.33. The van der Waals surface area contributed by atoms with Gasteiger partial charge in [0.15, 0.2) is 0 Å². The molecule has 1 aliphatic rings. The molecule has 3 rings (SSSR count). The molecule has 0 aliphatic carbocycles. The van der Waals surface area contributed by atoms with E-state index in [0.717, 1.165) is 11.0 Å². The van der Waals surface area contributed by atoms with Crippen LogP contribution in [0.15, 0.2) is 30.3 Å². The van der Waals surface area contributed by atoms with Crippen LogP contribution in [-0.2, 0) is 16.0 Å². The third kappa shape index (κ3) is 3.49. The maximum Gasteiger partial charge on any atom is 0.491 e. The fraction of sp³-hybridized carbons (Fsp3) is 0.250. The van der Waals surface area contributed by atoms with Gasteiger partial charge < -0.3 is 24.5 Å². The maximum absolute atomic E-state index is 9.65. The third-order valence-electron chi connectivity index (χ3n) is 3.58. The average Bonchev–Trinajstić information content (AvgIpc) is 1.73. The molecule has 24 heavy (non-hydrogen) atoms. The van der Waals surface area contributed by atoms with Gasteiger partial charge in [0.25, 0.3) is 0 Å². The van der Waals surface area contributed by atoms with Gasteiger partial charge in [-0.2, -0.15) is 10.2 Å². The van der Waals surface area contributed by atoms with Gasteiger partial charge in [0.2, 0.25) is 5.88 Å². The minimum Gasteiger partial charge on any atom is -0.438 e. The highest BCUT2D eigenvalue weighted by atomic mass is 16.5. The smallest absolute Gasteiger partial charge is 0.438 e. The largest absolute Gasteiger partial charge is 0.491 e. The van der Waals surface area contributed by atoms with Crippen LogP contribution >= 0.6 is 0 Å². The number of rotatable bonds is 6. The van der Waals surface area contributed by atoms with Crippen molar-refractivity contribution in [1.82, 2.24) is 4.98 Å². The number of ether oxygens (including phenoxy) is 2. The van der Waals surface area contributed by atoms with E-state index in [1.165, 1.54) is 0 Å². The quantitative estimate of drug-likeness (QED) is 0.284. The van der Waals surface area contributed by atoms with E-state index < -0.39 is 7.12 Å². The van der Waals surface area contributed by atoms with Crippen molar-refractivity contribution in [2.24, 2.45) is 0 Å². The second-order valence-electron chi connectivity index (χ2n) is 5.21. The lowest BCUT2D eigenvalue weighted by Crippen LogP contribution is -2.27. The number of hydrogen-bond acceptors (Lipinski definition) is 7. The Bertz CT molecular complexity index is 867. The van der Waals surface area contributed by atoms with E-state index in [1.54, 1.807) is 37.4 Å². The summed E-state index contributed by atoms with van der Waals surface area (Å²) in [5.41, 5.74) is 1.92. The Morgan fingerprint density at radius 3 is 3.17 bits per heavy atom. The van der Waals surface area contributed by atoms with E-state index in [0.29, 0.717) is 36.9 Å². The van der Waals surface area contributed by atoms with Crippen molar-refractivity contribution in [2.75, 3.05) is 25.6 Å². The molecule has 1 aliphatic heterocycles. The van der Waals surface area contributed by atoms with E-state index in [4.69, 9.17) is 163 Å². The molecular formula is C16H118BN3O4. The molecule has 0 radical (unpaired) electrons. The highest BCUT2D eigenvalue weighted by Gasteiger charge is 2.27. The third-order valence-corrected chi connectivity index (χ3v) is 3.58. The summed E-state index contributed by atoms with van der Waals surface area (Å²) in [5.74, 6) is 1.35. The first-order valence-electron chi connectivity index (χ1n) is 57.5. The molecule has 0 amide bonds. The molecular weight excluding hydrogens is 309 g/mol. The molecule has 0 saturated carbocycles. The SMILES string of the molecule is COCCNc1ccc(C#N)c(Oc2ccc3c(c2)COB3O)n1.[2HH].[2H][2H].[2H][2H].[2H][2H].[2H][2H].[2H][2H].[2H][2H].[2H][2H].[2H][2H].[2H][2H].[2H][2H].[2H][2H].[2H][2H].[2H][2H].[2H][2H].[2H][2H].[2H][2H].[2H][2H].[2H][2H].[2H][2H].[2H][2H].[2H][2H].[2H][2H].[2H][2H].[2H][2H].[2H][2H].[2H][2H].[2H][2H].[2H][2H].[2H][2H].[2H][2H].[2H][2H].[2H][2H].[2H][2H].[2H][2H].[2H][2H].[2H][2H].[2H][2H].[2H][2H].[2H][2H].[2H][2H].[2H][2H].[2H][2H].[2H][2H].[2H][2H].[2H][2H].[2H][2H].[2H][2H].[2H][2H].[2H][2H].[2H][2H]. The fourth-order valence-corrected chi connectivity index (χ4v) is 2.36. The molecule has 1 aromatic carbocycles. The molecule has 2 aromatic rings. The zero-order valence-electron chi connectivity index (χ0n) is 113. The first kappa shape index (κ1) is 1.65. The molecule has 0 saturated heterocycles. The summed E-state index contributed by atoms with van der Waals surface area (Å²) < 4.78 is 516. The van der Waals surface area contributed by atoms with Crippen LogP contribution in [0.25, 0.3) is 0 Å². The van der Waals surface area contributed by atoms with Gasteiger partial charge in [-0.25, -0.2) is 0 Å². The maximum atomic E-state index is 9.65. The highest BCUT2D eigenvalue weighted by molar-refractivity contribution is 6.61. The molecule has 0 fully saturated rings. The van der Waals surface area contributed by atoms with Crippen LogP contribution in [-0.4, -0.2) is 37.4 Å². The van der Waals surface area contributed by atoms with E-state index in [9.17, 15) is 10.3 Å². The standard InChI is InChI=1S/C16H16BN3O4.51H2/c1-22-7-6-19-15-5-2-11(9-18)16(20-15)24-13-3-4-14-12(8-13)10-23-17(14)21;;;;;;;;;;;;;;;;;;;;;;;;;;;;;;;;;;;;;;;;;;;;;;;;;;;/h2-5,8,21H,6-7,10H2,1H3,(H,19,20);51*1H/i;50*1+1D;1+1. The Morgan fingerprint density at radius 2 is 2.38 bits per heavy atom. The predicted molar refractivity (Wildman–Crippen MR) is 196 cm³/mol. The zero-order chi connectivity index (χ0) is 117. The van der Waals surface area contributed by atoms with Gasteiger partial charge in [-0.05, 0) is 35.3 Å². The number of nitrogens with zero attached hydrogens (tertiary/aromatic N) is 2. The summed E-state index contributed by atoms with van der Waals surface area (Å²) in [6.07, 6.45) is 0. The van der Waals surface area contributed by atoms with Gasteiger partial charge in [-0.3, -0.25) is 0 Å². The van der Waals surface area contributed by atoms with Crippen LogP contribution in [0.5, 0.6) is 11.6 Å². The number of aromatic nitrogens is 1. The summed E-state index contributed by atoms with van der Waals surface area (Å²) in [7, 11) is 0.729. The summed E-state index contributed by atoms with van der Waals surface area (Å²) >= 11 is 0. The van der Waals surface area contributed by atoms with Crippen molar-refractivity contribution in [3.63, 3.8) is 0 Å². The monoisotopic (exact) mass is 530 g/mol. The molecule has 0 spiro atoms. The normalized spacial score (nSPS) is 29.3. The molecule has 0 atom stereocenters. The van der Waals surface area contributed by atoms with Gasteiger partial charge in [-0.15, -0.1) is 0 Å². The average molecular weight is 530 g/mol. The van der Waals surface area contributed by atoms with Crippen molar-refractivity contribution >= 4 is 18.4 Å². The number of hydrogen-bond donors (Lipinski definition) is 2. The van der Waals surface area contributed by atoms with Gasteiger partial charge in [-0.1, -0.05) is 6.07 Å². The Hall–Kier alpha value is -2.60. The topological polar surface area (TPSA) is 96.6 Å². The van der Waals surface area contributed by atoms with Crippen LogP contribution in [0.1, 0.15) is 161 Å². The fourth-order valence-electron chi connectivity index (χ4n) is 2.36. The first-order chi connectivity index (χ1) is 61.7. The van der Waals surface area contributed by atoms with E-state index in [-0.39, 0.29) is 7.31 Å². The lowest BCUT2D eigenvalue weighted by Gasteiger charge is -2.10. The van der Waals surface area contributed by atoms with Crippen LogP contribution in [0, 0.1) is 11.3 Å². The Balaban J connectivity index is -0.0000000107. The van der Waals surface area contributed by atoms with Crippen molar-refractivity contribution in [2.45, 2.75) is 6.61 Å². The van der Waals surface area contributed by atoms with Crippen LogP contribution in [0.4, 0.5) is 5.82 Å².